The Morgan fingerprint density at radius 1 is 1.18 bits per heavy atom. The highest BCUT2D eigenvalue weighted by Crippen LogP contribution is 2.34. The Balaban J connectivity index is 1.95. The van der Waals surface area contributed by atoms with Gasteiger partial charge in [-0.05, 0) is 37.1 Å². The Bertz CT molecular complexity index is 224. The van der Waals surface area contributed by atoms with Crippen molar-refractivity contribution in [1.82, 2.24) is 4.90 Å². The average molecular weight is 238 g/mol. The van der Waals surface area contributed by atoms with Gasteiger partial charge in [-0.3, -0.25) is 4.90 Å². The van der Waals surface area contributed by atoms with Gasteiger partial charge in [0.25, 0.3) is 0 Å². The third-order valence-electron chi connectivity index (χ3n) is 4.86. The normalized spacial score (nSPS) is 29.1. The number of likely N-dealkylation sites (tertiary alicyclic amines) is 1. The fourth-order valence-corrected chi connectivity index (χ4v) is 3.77. The zero-order chi connectivity index (χ0) is 12.3. The summed E-state index contributed by atoms with van der Waals surface area (Å²) in [7, 11) is 0. The molecule has 1 aliphatic heterocycles. The highest BCUT2D eigenvalue weighted by molar-refractivity contribution is 4.90. The summed E-state index contributed by atoms with van der Waals surface area (Å²) in [5.74, 6) is 0.872. The van der Waals surface area contributed by atoms with Crippen LogP contribution in [-0.4, -0.2) is 30.6 Å². The van der Waals surface area contributed by atoms with Gasteiger partial charge < -0.3 is 5.73 Å². The van der Waals surface area contributed by atoms with Crippen molar-refractivity contribution in [2.75, 3.05) is 19.6 Å². The van der Waals surface area contributed by atoms with Crippen molar-refractivity contribution in [3.05, 3.63) is 0 Å². The van der Waals surface area contributed by atoms with E-state index >= 15 is 0 Å². The van der Waals surface area contributed by atoms with Crippen LogP contribution in [0.15, 0.2) is 0 Å². The van der Waals surface area contributed by atoms with Crippen LogP contribution in [0.1, 0.15) is 58.8 Å². The molecule has 0 bridgehead atoms. The van der Waals surface area contributed by atoms with E-state index < -0.39 is 0 Å². The van der Waals surface area contributed by atoms with Gasteiger partial charge in [-0.2, -0.15) is 0 Å². The zero-order valence-corrected chi connectivity index (χ0v) is 11.8. The van der Waals surface area contributed by atoms with E-state index in [1.807, 2.05) is 0 Å². The lowest BCUT2D eigenvalue weighted by molar-refractivity contribution is 0.152. The zero-order valence-electron chi connectivity index (χ0n) is 11.8. The molecule has 0 aromatic heterocycles. The molecule has 2 N–H and O–H groups in total. The minimum atomic E-state index is 0.512. The predicted octanol–water partition coefficient (Wildman–Crippen LogP) is 3.02. The summed E-state index contributed by atoms with van der Waals surface area (Å²) in [5, 5.41) is 0. The smallest absolute Gasteiger partial charge is 0.0246 e. The van der Waals surface area contributed by atoms with Crippen LogP contribution in [0.3, 0.4) is 0 Å². The molecule has 17 heavy (non-hydrogen) atoms. The molecular weight excluding hydrogens is 208 g/mol. The number of hydrogen-bond acceptors (Lipinski definition) is 2. The van der Waals surface area contributed by atoms with Crippen molar-refractivity contribution in [2.24, 2.45) is 17.1 Å². The van der Waals surface area contributed by atoms with E-state index in [-0.39, 0.29) is 0 Å². The summed E-state index contributed by atoms with van der Waals surface area (Å²) < 4.78 is 0. The lowest BCUT2D eigenvalue weighted by Crippen LogP contribution is -2.45. The molecule has 2 aliphatic rings. The Kier molecular flexibility index (Phi) is 4.48. The first kappa shape index (κ1) is 13.4. The molecule has 1 aliphatic carbocycles. The van der Waals surface area contributed by atoms with Crippen molar-refractivity contribution in [3.63, 3.8) is 0 Å². The second-order valence-electron chi connectivity index (χ2n) is 6.94. The van der Waals surface area contributed by atoms with Crippen molar-refractivity contribution in [3.8, 4) is 0 Å². The molecule has 1 unspecified atom stereocenters. The summed E-state index contributed by atoms with van der Waals surface area (Å²) in [6.07, 6.45) is 9.92. The second kappa shape index (κ2) is 5.71. The monoisotopic (exact) mass is 238 g/mol. The summed E-state index contributed by atoms with van der Waals surface area (Å²) in [6.45, 7) is 8.18. The van der Waals surface area contributed by atoms with Crippen LogP contribution in [0.4, 0.5) is 0 Å². The van der Waals surface area contributed by atoms with Crippen molar-refractivity contribution in [1.29, 1.82) is 0 Å². The van der Waals surface area contributed by atoms with E-state index in [0.717, 1.165) is 12.5 Å². The van der Waals surface area contributed by atoms with E-state index in [2.05, 4.69) is 18.7 Å². The molecule has 0 spiro atoms. The maximum absolute atomic E-state index is 6.08. The van der Waals surface area contributed by atoms with Crippen LogP contribution >= 0.6 is 0 Å². The van der Waals surface area contributed by atoms with Crippen molar-refractivity contribution >= 4 is 0 Å². The van der Waals surface area contributed by atoms with Gasteiger partial charge in [0.2, 0.25) is 0 Å². The summed E-state index contributed by atoms with van der Waals surface area (Å²) >= 11 is 0. The highest BCUT2D eigenvalue weighted by Gasteiger charge is 2.35. The van der Waals surface area contributed by atoms with Gasteiger partial charge >= 0.3 is 0 Å². The summed E-state index contributed by atoms with van der Waals surface area (Å²) in [4.78, 5) is 2.69. The van der Waals surface area contributed by atoms with Gasteiger partial charge in [-0.25, -0.2) is 0 Å². The van der Waals surface area contributed by atoms with Crippen molar-refractivity contribution in [2.45, 2.75) is 64.8 Å². The molecule has 1 atom stereocenters. The maximum atomic E-state index is 6.08. The first-order valence-electron chi connectivity index (χ1n) is 7.56. The number of nitrogens with two attached hydrogens (primary N) is 1. The Morgan fingerprint density at radius 2 is 1.82 bits per heavy atom. The fraction of sp³-hybridized carbons (Fsp3) is 1.00. The van der Waals surface area contributed by atoms with Gasteiger partial charge in [0.05, 0.1) is 0 Å². The van der Waals surface area contributed by atoms with Crippen LogP contribution in [0.5, 0.6) is 0 Å². The number of rotatable bonds is 3. The Hall–Kier alpha value is -0.0800. The molecule has 2 rings (SSSR count). The van der Waals surface area contributed by atoms with E-state index in [0.29, 0.717) is 11.5 Å². The topological polar surface area (TPSA) is 29.3 Å². The van der Waals surface area contributed by atoms with Gasteiger partial charge in [-0.1, -0.05) is 39.5 Å². The molecule has 2 fully saturated rings. The lowest BCUT2D eigenvalue weighted by Gasteiger charge is -2.34. The van der Waals surface area contributed by atoms with Crippen LogP contribution in [-0.2, 0) is 0 Å². The Labute approximate surface area is 107 Å². The molecule has 100 valence electrons. The third kappa shape index (κ3) is 3.45. The largest absolute Gasteiger partial charge is 0.329 e. The van der Waals surface area contributed by atoms with Gasteiger partial charge in [0.15, 0.2) is 0 Å². The minimum Gasteiger partial charge on any atom is -0.329 e. The molecule has 0 radical (unpaired) electrons. The average Bonchev–Trinajstić information content (AvgIpc) is 2.53. The molecule has 0 aromatic carbocycles. The first-order chi connectivity index (χ1) is 8.12. The second-order valence-corrected chi connectivity index (χ2v) is 6.94. The van der Waals surface area contributed by atoms with E-state index in [1.54, 1.807) is 0 Å². The maximum Gasteiger partial charge on any atom is 0.0246 e. The molecule has 1 saturated heterocycles. The minimum absolute atomic E-state index is 0.512. The van der Waals surface area contributed by atoms with Crippen LogP contribution in [0.2, 0.25) is 0 Å². The molecule has 2 heteroatoms. The number of nitrogens with zero attached hydrogens (tertiary/aromatic N) is 1. The quantitative estimate of drug-likeness (QED) is 0.766. The Morgan fingerprint density at radius 3 is 2.29 bits per heavy atom. The van der Waals surface area contributed by atoms with Gasteiger partial charge in [-0.15, -0.1) is 0 Å². The number of hydrogen-bond donors (Lipinski definition) is 1. The molecular formula is C15H30N2. The molecule has 2 nitrogen and oxygen atoms in total. The van der Waals surface area contributed by atoms with E-state index in [9.17, 15) is 0 Å². The molecule has 0 amide bonds. The molecule has 0 aromatic rings. The van der Waals surface area contributed by atoms with Crippen LogP contribution in [0, 0.1) is 11.3 Å². The van der Waals surface area contributed by atoms with E-state index in [4.69, 9.17) is 5.73 Å². The predicted molar refractivity (Wildman–Crippen MR) is 74.0 cm³/mol. The SMILES string of the molecule is CC1(C)CCN(C(CN)C2CCCCCC2)C1. The van der Waals surface area contributed by atoms with E-state index in [1.165, 1.54) is 58.0 Å². The van der Waals surface area contributed by atoms with Crippen LogP contribution in [0.25, 0.3) is 0 Å². The van der Waals surface area contributed by atoms with Gasteiger partial charge in [0, 0.05) is 19.1 Å². The summed E-state index contributed by atoms with van der Waals surface area (Å²) in [5.41, 5.74) is 6.59. The summed E-state index contributed by atoms with van der Waals surface area (Å²) in [6, 6.07) is 0.662. The molecule has 1 heterocycles. The fourth-order valence-electron chi connectivity index (χ4n) is 3.77. The van der Waals surface area contributed by atoms with Crippen LogP contribution < -0.4 is 5.73 Å². The lowest BCUT2D eigenvalue weighted by atomic mass is 9.90. The first-order valence-corrected chi connectivity index (χ1v) is 7.56. The molecule has 1 saturated carbocycles. The van der Waals surface area contributed by atoms with Crippen molar-refractivity contribution < 1.29 is 0 Å². The standard InChI is InChI=1S/C15H30N2/c1-15(2)9-10-17(12-15)14(11-16)13-7-5-3-4-6-8-13/h13-14H,3-12,16H2,1-2H3. The van der Waals surface area contributed by atoms with Gasteiger partial charge in [0.1, 0.15) is 0 Å². The third-order valence-corrected chi connectivity index (χ3v) is 4.86. The highest BCUT2D eigenvalue weighted by atomic mass is 15.2.